The second-order valence-electron chi connectivity index (χ2n) is 9.66. The number of carbonyl (C=O) groups excluding carboxylic acids is 1. The third-order valence-corrected chi connectivity index (χ3v) is 6.85. The molecule has 0 aliphatic rings. The first-order valence-corrected chi connectivity index (χ1v) is 13.2. The maximum Gasteiger partial charge on any atom is 0.573 e. The van der Waals surface area contributed by atoms with Crippen LogP contribution in [0.2, 0.25) is 0 Å². The smallest absolute Gasteiger partial charge is 0.456 e. The van der Waals surface area contributed by atoms with Gasteiger partial charge in [0.05, 0.1) is 5.56 Å². The molecule has 0 fully saturated rings. The highest BCUT2D eigenvalue weighted by molar-refractivity contribution is 8.00. The fourth-order valence-electron chi connectivity index (χ4n) is 4.25. The van der Waals surface area contributed by atoms with Gasteiger partial charge in [-0.2, -0.15) is 0 Å². The van der Waals surface area contributed by atoms with Crippen molar-refractivity contribution in [3.05, 3.63) is 60.7 Å². The molecule has 0 aliphatic heterocycles. The molecule has 3 aromatic rings. The molecule has 8 heteroatoms. The van der Waals surface area contributed by atoms with Gasteiger partial charge in [-0.15, -0.1) is 24.9 Å². The summed E-state index contributed by atoms with van der Waals surface area (Å²) in [6.45, 7) is 11.2. The normalized spacial score (nSPS) is 12.9. The summed E-state index contributed by atoms with van der Waals surface area (Å²) < 4.78 is 55.3. The van der Waals surface area contributed by atoms with E-state index in [4.69, 9.17) is 9.15 Å². The van der Waals surface area contributed by atoms with E-state index in [9.17, 15) is 18.0 Å². The molecule has 4 nitrogen and oxygen atoms in total. The van der Waals surface area contributed by atoms with Gasteiger partial charge in [0.2, 0.25) is 0 Å². The van der Waals surface area contributed by atoms with Crippen molar-refractivity contribution in [2.45, 2.75) is 81.9 Å². The lowest BCUT2D eigenvalue weighted by molar-refractivity contribution is -0.274. The first-order chi connectivity index (χ1) is 17.4. The number of aryl methyl sites for hydroxylation is 1. The van der Waals surface area contributed by atoms with Crippen molar-refractivity contribution >= 4 is 28.7 Å². The Morgan fingerprint density at radius 3 is 2.57 bits per heavy atom. The molecule has 200 valence electrons. The fourth-order valence-corrected chi connectivity index (χ4v) is 5.52. The van der Waals surface area contributed by atoms with Crippen molar-refractivity contribution in [3.8, 4) is 17.1 Å². The molecule has 37 heavy (non-hydrogen) atoms. The highest BCUT2D eigenvalue weighted by Crippen LogP contribution is 2.39. The van der Waals surface area contributed by atoms with Crippen LogP contribution < -0.4 is 4.74 Å². The average molecular weight is 535 g/mol. The van der Waals surface area contributed by atoms with Gasteiger partial charge < -0.3 is 13.9 Å². The van der Waals surface area contributed by atoms with Crippen LogP contribution in [0.25, 0.3) is 22.3 Å². The molecule has 0 N–H and O–H groups in total. The number of ether oxygens (including phenoxy) is 2. The van der Waals surface area contributed by atoms with E-state index in [0.717, 1.165) is 41.2 Å². The van der Waals surface area contributed by atoms with Crippen LogP contribution in [0.15, 0.2) is 64.4 Å². The van der Waals surface area contributed by atoms with E-state index in [2.05, 4.69) is 18.2 Å². The molecule has 1 atom stereocenters. The summed E-state index contributed by atoms with van der Waals surface area (Å²) in [5.74, 6) is -0.420. The third-order valence-electron chi connectivity index (χ3n) is 5.76. The Bertz CT molecular complexity index is 1230. The number of esters is 1. The summed E-state index contributed by atoms with van der Waals surface area (Å²) in [6.07, 6.45) is 0.578. The SMILES string of the molecule is C=CC(=O)OC(C)(C)CC(C)Sc1ccc2cc(-c3ccc(CCCCC)cc3OC(F)(F)F)oc2c1. The van der Waals surface area contributed by atoms with E-state index in [1.54, 1.807) is 23.9 Å². The van der Waals surface area contributed by atoms with E-state index in [-0.39, 0.29) is 16.6 Å². The first kappa shape index (κ1) is 28.7. The Kier molecular flexibility index (Phi) is 9.40. The summed E-state index contributed by atoms with van der Waals surface area (Å²) in [4.78, 5) is 12.5. The van der Waals surface area contributed by atoms with Crippen molar-refractivity contribution in [2.24, 2.45) is 0 Å². The quantitative estimate of drug-likeness (QED) is 0.100. The largest absolute Gasteiger partial charge is 0.573 e. The Morgan fingerprint density at radius 1 is 1.14 bits per heavy atom. The molecule has 0 saturated heterocycles. The Balaban J connectivity index is 1.82. The zero-order chi connectivity index (χ0) is 27.2. The van der Waals surface area contributed by atoms with Crippen LogP contribution in [0.1, 0.15) is 58.9 Å². The molecule has 0 amide bonds. The topological polar surface area (TPSA) is 48.7 Å². The van der Waals surface area contributed by atoms with Crippen LogP contribution in [0.3, 0.4) is 0 Å². The molecule has 0 radical (unpaired) electrons. The van der Waals surface area contributed by atoms with Crippen LogP contribution in [-0.4, -0.2) is 23.2 Å². The van der Waals surface area contributed by atoms with Gasteiger partial charge >= 0.3 is 12.3 Å². The predicted molar refractivity (Wildman–Crippen MR) is 142 cm³/mol. The number of hydrogen-bond acceptors (Lipinski definition) is 5. The van der Waals surface area contributed by atoms with E-state index >= 15 is 0 Å². The van der Waals surface area contributed by atoms with Gasteiger partial charge in [0, 0.05) is 21.6 Å². The van der Waals surface area contributed by atoms with E-state index in [1.165, 1.54) is 6.07 Å². The van der Waals surface area contributed by atoms with E-state index in [1.807, 2.05) is 45.0 Å². The zero-order valence-corrected chi connectivity index (χ0v) is 22.4. The van der Waals surface area contributed by atoms with Gasteiger partial charge in [-0.05, 0) is 75.1 Å². The summed E-state index contributed by atoms with van der Waals surface area (Å²) in [6, 6.07) is 12.3. The molecule has 0 spiro atoms. The molecule has 0 bridgehead atoms. The van der Waals surface area contributed by atoms with E-state index in [0.29, 0.717) is 24.2 Å². The first-order valence-electron chi connectivity index (χ1n) is 12.3. The molecule has 3 rings (SSSR count). The molecule has 1 heterocycles. The van der Waals surface area contributed by atoms with Gasteiger partial charge in [-0.25, -0.2) is 4.79 Å². The lowest BCUT2D eigenvalue weighted by Gasteiger charge is -2.27. The number of furan rings is 1. The van der Waals surface area contributed by atoms with Crippen LogP contribution in [0.5, 0.6) is 5.75 Å². The second-order valence-corrected chi connectivity index (χ2v) is 11.2. The standard InChI is InChI=1S/C29H33F3O4S/c1-6-8-9-10-20-11-14-23(26(15-20)35-29(30,31)32)25-16-21-12-13-22(17-24(21)34-25)37-19(3)18-28(4,5)36-27(33)7-2/h7,11-17,19H,2,6,8-10,18H2,1,3-5H3. The summed E-state index contributed by atoms with van der Waals surface area (Å²) in [5, 5.41) is 0.892. The minimum absolute atomic E-state index is 0.117. The van der Waals surface area contributed by atoms with Crippen molar-refractivity contribution in [3.63, 3.8) is 0 Å². The number of benzene rings is 2. The molecular formula is C29H33F3O4S. The van der Waals surface area contributed by atoms with Gasteiger partial charge in [0.25, 0.3) is 0 Å². The van der Waals surface area contributed by atoms with E-state index < -0.39 is 17.9 Å². The van der Waals surface area contributed by atoms with Gasteiger partial charge in [-0.3, -0.25) is 0 Å². The number of hydrogen-bond donors (Lipinski definition) is 0. The lowest BCUT2D eigenvalue weighted by Crippen LogP contribution is -2.30. The summed E-state index contributed by atoms with van der Waals surface area (Å²) >= 11 is 1.60. The summed E-state index contributed by atoms with van der Waals surface area (Å²) in [7, 11) is 0. The minimum Gasteiger partial charge on any atom is -0.456 e. The maximum absolute atomic E-state index is 13.2. The zero-order valence-electron chi connectivity index (χ0n) is 21.6. The highest BCUT2D eigenvalue weighted by Gasteiger charge is 2.33. The van der Waals surface area contributed by atoms with Crippen molar-refractivity contribution in [1.29, 1.82) is 0 Å². The average Bonchev–Trinajstić information content (AvgIpc) is 3.20. The molecule has 1 unspecified atom stereocenters. The maximum atomic E-state index is 13.2. The number of carbonyl (C=O) groups is 1. The molecule has 0 saturated carbocycles. The fraction of sp³-hybridized carbons (Fsp3) is 0.414. The predicted octanol–water partition coefficient (Wildman–Crippen LogP) is 9.11. The van der Waals surface area contributed by atoms with Crippen molar-refractivity contribution in [1.82, 2.24) is 0 Å². The number of halogens is 3. The molecule has 0 aliphatic carbocycles. The number of thioether (sulfide) groups is 1. The Morgan fingerprint density at radius 2 is 1.89 bits per heavy atom. The minimum atomic E-state index is -4.81. The third kappa shape index (κ3) is 8.59. The summed E-state index contributed by atoms with van der Waals surface area (Å²) in [5.41, 5.74) is 0.953. The second kappa shape index (κ2) is 12.1. The van der Waals surface area contributed by atoms with Crippen molar-refractivity contribution < 1.29 is 31.9 Å². The molecule has 2 aromatic carbocycles. The van der Waals surface area contributed by atoms with Gasteiger partial charge in [0.15, 0.2) is 0 Å². The van der Waals surface area contributed by atoms with Gasteiger partial charge in [-0.1, -0.05) is 39.3 Å². The highest BCUT2D eigenvalue weighted by atomic mass is 32.2. The Hall–Kier alpha value is -2.87. The molecular weight excluding hydrogens is 501 g/mol. The van der Waals surface area contributed by atoms with Gasteiger partial charge in [0.1, 0.15) is 22.7 Å². The number of fused-ring (bicyclic) bond motifs is 1. The number of rotatable bonds is 12. The molecule has 1 aromatic heterocycles. The van der Waals surface area contributed by atoms with Crippen LogP contribution in [-0.2, 0) is 16.0 Å². The van der Waals surface area contributed by atoms with Crippen LogP contribution in [0.4, 0.5) is 13.2 Å². The van der Waals surface area contributed by atoms with Crippen LogP contribution >= 0.6 is 11.8 Å². The number of unbranched alkanes of at least 4 members (excludes halogenated alkanes) is 2. The lowest BCUT2D eigenvalue weighted by atomic mass is 10.0. The van der Waals surface area contributed by atoms with Crippen molar-refractivity contribution in [2.75, 3.05) is 0 Å². The Labute approximate surface area is 220 Å². The monoisotopic (exact) mass is 534 g/mol. The van der Waals surface area contributed by atoms with Crippen LogP contribution in [0, 0.1) is 0 Å². The number of alkyl halides is 3.